The fraction of sp³-hybridized carbons (Fsp3) is 0. The second kappa shape index (κ2) is 9.35. The number of hydrogen-bond acceptors (Lipinski definition) is 1. The molecule has 2 aliphatic rings. The van der Waals surface area contributed by atoms with Crippen LogP contribution >= 0.6 is 0 Å². The molecule has 1 aromatic heterocycles. The monoisotopic (exact) mass is 570 g/mol. The van der Waals surface area contributed by atoms with Crippen molar-refractivity contribution >= 4 is 83.5 Å². The normalized spacial score (nSPS) is 12.8. The van der Waals surface area contributed by atoms with E-state index in [0.717, 1.165) is 0 Å². The Bertz CT molecular complexity index is 2560. The lowest BCUT2D eigenvalue weighted by atomic mass is 9.33. The first-order valence-corrected chi connectivity index (χ1v) is 15.7. The van der Waals surface area contributed by atoms with Gasteiger partial charge in [-0.05, 0) is 74.3 Å². The van der Waals surface area contributed by atoms with E-state index in [0.29, 0.717) is 0 Å². The number of benzene rings is 7. The van der Waals surface area contributed by atoms with E-state index in [2.05, 4.69) is 173 Å². The zero-order chi connectivity index (χ0) is 29.5. The molecular weight excluding hydrogens is 543 g/mol. The van der Waals surface area contributed by atoms with Crippen LogP contribution in [0, 0.1) is 0 Å². The Morgan fingerprint density at radius 1 is 0.356 bits per heavy atom. The minimum absolute atomic E-state index is 0.0982. The summed E-state index contributed by atoms with van der Waals surface area (Å²) in [5.41, 5.74) is 11.3. The first-order valence-electron chi connectivity index (χ1n) is 15.7. The summed E-state index contributed by atoms with van der Waals surface area (Å²) in [5.74, 6) is 0. The van der Waals surface area contributed by atoms with Crippen molar-refractivity contribution < 1.29 is 0 Å². The highest BCUT2D eigenvalue weighted by Gasteiger charge is 2.40. The molecule has 0 fully saturated rings. The van der Waals surface area contributed by atoms with Gasteiger partial charge in [-0.1, -0.05) is 127 Å². The fourth-order valence-electron chi connectivity index (χ4n) is 8.04. The summed E-state index contributed by atoms with van der Waals surface area (Å²) in [6.45, 7) is 0.0982. The van der Waals surface area contributed by atoms with Crippen LogP contribution < -0.4 is 21.3 Å². The molecule has 8 aromatic rings. The third kappa shape index (κ3) is 3.35. The van der Waals surface area contributed by atoms with Crippen molar-refractivity contribution in [1.82, 2.24) is 4.57 Å². The van der Waals surface area contributed by atoms with Crippen molar-refractivity contribution in [2.75, 3.05) is 4.90 Å². The van der Waals surface area contributed by atoms with Gasteiger partial charge in [0, 0.05) is 33.5 Å². The molecule has 0 aliphatic carbocycles. The maximum absolute atomic E-state index is 2.56. The molecule has 0 bridgehead atoms. The van der Waals surface area contributed by atoms with Crippen LogP contribution in [0.3, 0.4) is 0 Å². The van der Waals surface area contributed by atoms with E-state index in [1.165, 1.54) is 82.5 Å². The molecule has 0 spiro atoms. The van der Waals surface area contributed by atoms with Crippen LogP contribution in [-0.2, 0) is 0 Å². The number of aromatic nitrogens is 1. The minimum atomic E-state index is 0.0982. The van der Waals surface area contributed by atoms with Crippen molar-refractivity contribution in [3.05, 3.63) is 164 Å². The van der Waals surface area contributed by atoms with Gasteiger partial charge in [-0.2, -0.15) is 0 Å². The van der Waals surface area contributed by atoms with Crippen LogP contribution in [0.4, 0.5) is 17.1 Å². The van der Waals surface area contributed by atoms with Crippen molar-refractivity contribution in [3.63, 3.8) is 0 Å². The van der Waals surface area contributed by atoms with Gasteiger partial charge < -0.3 is 9.47 Å². The van der Waals surface area contributed by atoms with Gasteiger partial charge in [0.1, 0.15) is 0 Å². The van der Waals surface area contributed by atoms with E-state index in [-0.39, 0.29) is 6.71 Å². The van der Waals surface area contributed by atoms with Gasteiger partial charge in [-0.25, -0.2) is 0 Å². The SMILES string of the molecule is c1ccc(N2c3ccccc3B3c4ccccc4-n4c5ccccc5c5ccccc5c5ccccc5c5ccc2c3c54)cc1. The van der Waals surface area contributed by atoms with Crippen LogP contribution in [0.25, 0.3) is 49.0 Å². The number of para-hydroxylation sites is 4. The summed E-state index contributed by atoms with van der Waals surface area (Å²) in [7, 11) is 0. The standard InChI is InChI=1S/C42H27BN2/c1-2-14-28(15-3-1)44-38-24-12-9-21-35(38)43-36-22-10-13-25-39(36)45-37-23-11-8-20-33(37)31-18-6-4-16-29(31)30-17-5-7-19-32(30)34-26-27-40(44)41(43)42(34)45/h1-27H. The van der Waals surface area contributed by atoms with E-state index >= 15 is 0 Å². The number of fused-ring (bicyclic) bond motifs is 12. The molecule has 0 saturated heterocycles. The Labute approximate surface area is 261 Å². The average Bonchev–Trinajstić information content (AvgIpc) is 3.16. The van der Waals surface area contributed by atoms with Crippen LogP contribution in [0.2, 0.25) is 0 Å². The highest BCUT2D eigenvalue weighted by Crippen LogP contribution is 2.41. The quantitative estimate of drug-likeness (QED) is 0.179. The molecule has 0 saturated carbocycles. The predicted molar refractivity (Wildman–Crippen MR) is 193 cm³/mol. The van der Waals surface area contributed by atoms with E-state index in [1.807, 2.05) is 0 Å². The lowest BCUT2D eigenvalue weighted by molar-refractivity contribution is 1.17. The van der Waals surface area contributed by atoms with E-state index in [4.69, 9.17) is 0 Å². The summed E-state index contributed by atoms with van der Waals surface area (Å²) in [4.78, 5) is 2.47. The number of rotatable bonds is 1. The van der Waals surface area contributed by atoms with Crippen molar-refractivity contribution in [2.24, 2.45) is 0 Å². The topological polar surface area (TPSA) is 8.17 Å². The van der Waals surface area contributed by atoms with Crippen molar-refractivity contribution in [3.8, 4) is 5.69 Å². The molecule has 0 atom stereocenters. The first-order chi connectivity index (χ1) is 22.4. The first kappa shape index (κ1) is 24.6. The van der Waals surface area contributed by atoms with E-state index in [9.17, 15) is 0 Å². The zero-order valence-corrected chi connectivity index (χ0v) is 24.6. The molecule has 7 aromatic carbocycles. The summed E-state index contributed by atoms with van der Waals surface area (Å²) >= 11 is 0. The molecule has 3 heterocycles. The molecule has 2 nitrogen and oxygen atoms in total. The van der Waals surface area contributed by atoms with Gasteiger partial charge in [0.15, 0.2) is 0 Å². The van der Waals surface area contributed by atoms with Crippen molar-refractivity contribution in [2.45, 2.75) is 0 Å². The second-order valence-electron chi connectivity index (χ2n) is 12.1. The van der Waals surface area contributed by atoms with Crippen LogP contribution in [0.5, 0.6) is 0 Å². The van der Waals surface area contributed by atoms with Crippen LogP contribution in [0.1, 0.15) is 0 Å². The average molecular weight is 571 g/mol. The van der Waals surface area contributed by atoms with Crippen LogP contribution in [0.15, 0.2) is 164 Å². The summed E-state index contributed by atoms with van der Waals surface area (Å²) in [6.07, 6.45) is 0. The number of anilines is 3. The summed E-state index contributed by atoms with van der Waals surface area (Å²) < 4.78 is 2.56. The van der Waals surface area contributed by atoms with Gasteiger partial charge in [-0.15, -0.1) is 0 Å². The van der Waals surface area contributed by atoms with E-state index in [1.54, 1.807) is 0 Å². The maximum atomic E-state index is 2.56. The number of hydrogen-bond donors (Lipinski definition) is 0. The molecule has 45 heavy (non-hydrogen) atoms. The Kier molecular flexibility index (Phi) is 5.12. The second-order valence-corrected chi connectivity index (χ2v) is 12.1. The largest absolute Gasteiger partial charge is 0.311 e. The highest BCUT2D eigenvalue weighted by atomic mass is 15.2. The van der Waals surface area contributed by atoms with Gasteiger partial charge in [0.05, 0.1) is 11.0 Å². The fourth-order valence-corrected chi connectivity index (χ4v) is 8.04. The molecule has 2 aliphatic heterocycles. The Morgan fingerprint density at radius 3 is 1.58 bits per heavy atom. The molecule has 0 unspecified atom stereocenters. The molecule has 10 rings (SSSR count). The van der Waals surface area contributed by atoms with E-state index < -0.39 is 0 Å². The Balaban J connectivity index is 1.55. The van der Waals surface area contributed by atoms with Gasteiger partial charge in [0.2, 0.25) is 0 Å². The molecule has 0 N–H and O–H groups in total. The molecule has 0 radical (unpaired) electrons. The van der Waals surface area contributed by atoms with Crippen LogP contribution in [-0.4, -0.2) is 11.3 Å². The van der Waals surface area contributed by atoms with Crippen molar-refractivity contribution in [1.29, 1.82) is 0 Å². The number of nitrogens with zero attached hydrogens (tertiary/aromatic N) is 2. The Hall–Kier alpha value is -5.80. The lowest BCUT2D eigenvalue weighted by Crippen LogP contribution is -2.60. The van der Waals surface area contributed by atoms with Gasteiger partial charge in [-0.3, -0.25) is 0 Å². The van der Waals surface area contributed by atoms with Gasteiger partial charge in [0.25, 0.3) is 6.71 Å². The molecule has 3 heteroatoms. The third-order valence-electron chi connectivity index (χ3n) is 9.81. The predicted octanol–water partition coefficient (Wildman–Crippen LogP) is 8.83. The Morgan fingerprint density at radius 2 is 0.867 bits per heavy atom. The maximum Gasteiger partial charge on any atom is 0.252 e. The molecular formula is C42H27BN2. The smallest absolute Gasteiger partial charge is 0.252 e. The third-order valence-corrected chi connectivity index (χ3v) is 9.81. The molecule has 208 valence electrons. The zero-order valence-electron chi connectivity index (χ0n) is 24.6. The summed E-state index contributed by atoms with van der Waals surface area (Å²) in [6, 6.07) is 60.4. The minimum Gasteiger partial charge on any atom is -0.311 e. The lowest BCUT2D eigenvalue weighted by Gasteiger charge is -2.40. The molecule has 0 amide bonds. The highest BCUT2D eigenvalue weighted by molar-refractivity contribution is 7.00. The van der Waals surface area contributed by atoms with Gasteiger partial charge >= 0.3 is 0 Å². The summed E-state index contributed by atoms with van der Waals surface area (Å²) in [5, 5.41) is 7.50.